The number of hydrogen-bond acceptors (Lipinski definition) is 3. The number of benzene rings is 2. The van der Waals surface area contributed by atoms with E-state index in [1.54, 1.807) is 43.1 Å². The second kappa shape index (κ2) is 7.98. The molecule has 120 valence electrons. The van der Waals surface area contributed by atoms with Crippen molar-refractivity contribution in [2.75, 3.05) is 19.0 Å². The Labute approximate surface area is 135 Å². The minimum absolute atomic E-state index is 0.286. The quantitative estimate of drug-likeness (QED) is 0.859. The Morgan fingerprint density at radius 3 is 2.39 bits per heavy atom. The standard InChI is InChI=1S/C18H20N2O3/c1-3-23-17(21)15-11-7-8-12-16(15)19-18(22)20(2)13-14-9-5-4-6-10-14/h4-12H,3,13H2,1-2H3,(H,19,22). The predicted octanol–water partition coefficient (Wildman–Crippen LogP) is 3.53. The van der Waals surface area contributed by atoms with E-state index in [2.05, 4.69) is 5.32 Å². The van der Waals surface area contributed by atoms with Crippen LogP contribution in [0.2, 0.25) is 0 Å². The van der Waals surface area contributed by atoms with E-state index < -0.39 is 5.97 Å². The summed E-state index contributed by atoms with van der Waals surface area (Å²) in [6.07, 6.45) is 0. The highest BCUT2D eigenvalue weighted by Gasteiger charge is 2.16. The van der Waals surface area contributed by atoms with E-state index in [9.17, 15) is 9.59 Å². The first-order valence-electron chi connectivity index (χ1n) is 7.44. The minimum Gasteiger partial charge on any atom is -0.462 e. The van der Waals surface area contributed by atoms with Crippen molar-refractivity contribution >= 4 is 17.7 Å². The van der Waals surface area contributed by atoms with Gasteiger partial charge in [-0.05, 0) is 24.6 Å². The van der Waals surface area contributed by atoms with Crippen LogP contribution in [0, 0.1) is 0 Å². The van der Waals surface area contributed by atoms with E-state index in [1.807, 2.05) is 30.3 Å². The summed E-state index contributed by atoms with van der Waals surface area (Å²) in [5.41, 5.74) is 1.82. The maximum absolute atomic E-state index is 12.3. The number of anilines is 1. The molecule has 2 rings (SSSR count). The second-order valence-electron chi connectivity index (χ2n) is 5.04. The SMILES string of the molecule is CCOC(=O)c1ccccc1NC(=O)N(C)Cc1ccccc1. The van der Waals surface area contributed by atoms with Gasteiger partial charge in [-0.3, -0.25) is 0 Å². The highest BCUT2D eigenvalue weighted by Crippen LogP contribution is 2.17. The zero-order valence-electron chi connectivity index (χ0n) is 13.3. The number of nitrogens with one attached hydrogen (secondary N) is 1. The molecule has 2 amide bonds. The monoisotopic (exact) mass is 312 g/mol. The molecular weight excluding hydrogens is 292 g/mol. The molecule has 0 aromatic heterocycles. The van der Waals surface area contributed by atoms with Gasteiger partial charge < -0.3 is 15.0 Å². The van der Waals surface area contributed by atoms with Crippen LogP contribution in [0.5, 0.6) is 0 Å². The van der Waals surface area contributed by atoms with E-state index in [-0.39, 0.29) is 12.6 Å². The van der Waals surface area contributed by atoms with Crippen molar-refractivity contribution in [3.63, 3.8) is 0 Å². The number of amides is 2. The minimum atomic E-state index is -0.450. The number of carbonyl (C=O) groups is 2. The van der Waals surface area contributed by atoms with E-state index in [0.29, 0.717) is 17.8 Å². The van der Waals surface area contributed by atoms with Crippen LogP contribution in [0.1, 0.15) is 22.8 Å². The summed E-state index contributed by atoms with van der Waals surface area (Å²) in [7, 11) is 1.70. The summed E-state index contributed by atoms with van der Waals surface area (Å²) in [6, 6.07) is 16.2. The Kier molecular flexibility index (Phi) is 5.74. The smallest absolute Gasteiger partial charge is 0.340 e. The van der Waals surface area contributed by atoms with Crippen molar-refractivity contribution in [3.8, 4) is 0 Å². The number of para-hydroxylation sites is 1. The molecule has 0 aliphatic heterocycles. The highest BCUT2D eigenvalue weighted by molar-refractivity contribution is 6.00. The zero-order chi connectivity index (χ0) is 16.7. The predicted molar refractivity (Wildman–Crippen MR) is 89.3 cm³/mol. The molecule has 2 aromatic carbocycles. The molecule has 0 radical (unpaired) electrons. The average Bonchev–Trinajstić information content (AvgIpc) is 2.56. The van der Waals surface area contributed by atoms with Crippen molar-refractivity contribution in [2.45, 2.75) is 13.5 Å². The molecule has 5 heteroatoms. The Hall–Kier alpha value is -2.82. The average molecular weight is 312 g/mol. The summed E-state index contributed by atoms with van der Waals surface area (Å²) in [6.45, 7) is 2.51. The lowest BCUT2D eigenvalue weighted by atomic mass is 10.2. The summed E-state index contributed by atoms with van der Waals surface area (Å²) in [5.74, 6) is -0.450. The molecule has 5 nitrogen and oxygen atoms in total. The molecule has 0 atom stereocenters. The lowest BCUT2D eigenvalue weighted by Gasteiger charge is -2.19. The Bertz CT molecular complexity index is 671. The van der Waals surface area contributed by atoms with E-state index in [4.69, 9.17) is 4.74 Å². The topological polar surface area (TPSA) is 58.6 Å². The van der Waals surface area contributed by atoms with Gasteiger partial charge in [-0.2, -0.15) is 0 Å². The van der Waals surface area contributed by atoms with Crippen LogP contribution in [0.4, 0.5) is 10.5 Å². The van der Waals surface area contributed by atoms with Crippen LogP contribution in [-0.2, 0) is 11.3 Å². The molecule has 0 aliphatic rings. The van der Waals surface area contributed by atoms with Crippen molar-refractivity contribution in [1.82, 2.24) is 4.90 Å². The maximum Gasteiger partial charge on any atom is 0.340 e. The van der Waals surface area contributed by atoms with Crippen molar-refractivity contribution in [3.05, 3.63) is 65.7 Å². The molecule has 0 bridgehead atoms. The highest BCUT2D eigenvalue weighted by atomic mass is 16.5. The zero-order valence-corrected chi connectivity index (χ0v) is 13.3. The van der Waals surface area contributed by atoms with Gasteiger partial charge in [-0.1, -0.05) is 42.5 Å². The number of rotatable bonds is 5. The largest absolute Gasteiger partial charge is 0.462 e. The second-order valence-corrected chi connectivity index (χ2v) is 5.04. The van der Waals surface area contributed by atoms with Gasteiger partial charge in [0.2, 0.25) is 0 Å². The molecule has 0 saturated carbocycles. The summed E-state index contributed by atoms with van der Waals surface area (Å²) >= 11 is 0. The van der Waals surface area contributed by atoms with Gasteiger partial charge in [-0.15, -0.1) is 0 Å². The molecule has 1 N–H and O–H groups in total. The first-order valence-corrected chi connectivity index (χ1v) is 7.44. The van der Waals surface area contributed by atoms with Gasteiger partial charge in [0.05, 0.1) is 17.9 Å². The van der Waals surface area contributed by atoms with Crippen LogP contribution in [0.3, 0.4) is 0 Å². The molecule has 0 aliphatic carbocycles. The van der Waals surface area contributed by atoms with Crippen molar-refractivity contribution < 1.29 is 14.3 Å². The fraction of sp³-hybridized carbons (Fsp3) is 0.222. The van der Waals surface area contributed by atoms with Crippen LogP contribution in [0.15, 0.2) is 54.6 Å². The van der Waals surface area contributed by atoms with Crippen molar-refractivity contribution in [2.24, 2.45) is 0 Å². The fourth-order valence-corrected chi connectivity index (χ4v) is 2.12. The van der Waals surface area contributed by atoms with Gasteiger partial charge in [0.15, 0.2) is 0 Å². The van der Waals surface area contributed by atoms with Crippen molar-refractivity contribution in [1.29, 1.82) is 0 Å². The lowest BCUT2D eigenvalue weighted by molar-refractivity contribution is 0.0527. The number of carbonyl (C=O) groups excluding carboxylic acids is 2. The van der Waals surface area contributed by atoms with Crippen LogP contribution in [-0.4, -0.2) is 30.6 Å². The molecule has 0 unspecified atom stereocenters. The Morgan fingerprint density at radius 1 is 1.04 bits per heavy atom. The third-order valence-corrected chi connectivity index (χ3v) is 3.27. The van der Waals surface area contributed by atoms with E-state index in [0.717, 1.165) is 5.56 Å². The molecule has 0 saturated heterocycles. The number of ether oxygens (including phenoxy) is 1. The molecule has 2 aromatic rings. The van der Waals surface area contributed by atoms with Crippen LogP contribution >= 0.6 is 0 Å². The number of esters is 1. The number of hydrogen-bond donors (Lipinski definition) is 1. The van der Waals surface area contributed by atoms with Gasteiger partial charge in [0.25, 0.3) is 0 Å². The number of urea groups is 1. The molecular formula is C18H20N2O3. The number of nitrogens with zero attached hydrogens (tertiary/aromatic N) is 1. The molecule has 23 heavy (non-hydrogen) atoms. The van der Waals surface area contributed by atoms with Gasteiger partial charge in [-0.25, -0.2) is 9.59 Å². The fourth-order valence-electron chi connectivity index (χ4n) is 2.12. The molecule has 0 heterocycles. The van der Waals surface area contributed by atoms with Crippen LogP contribution in [0.25, 0.3) is 0 Å². The van der Waals surface area contributed by atoms with E-state index in [1.165, 1.54) is 0 Å². The third-order valence-electron chi connectivity index (χ3n) is 3.27. The first-order chi connectivity index (χ1) is 11.1. The van der Waals surface area contributed by atoms with Gasteiger partial charge in [0.1, 0.15) is 0 Å². The Balaban J connectivity index is 2.06. The maximum atomic E-state index is 12.3. The molecule has 0 spiro atoms. The molecule has 0 fully saturated rings. The van der Waals surface area contributed by atoms with Gasteiger partial charge >= 0.3 is 12.0 Å². The van der Waals surface area contributed by atoms with Gasteiger partial charge in [0, 0.05) is 13.6 Å². The lowest BCUT2D eigenvalue weighted by Crippen LogP contribution is -2.31. The first kappa shape index (κ1) is 16.5. The van der Waals surface area contributed by atoms with E-state index >= 15 is 0 Å². The third kappa shape index (κ3) is 4.57. The Morgan fingerprint density at radius 2 is 1.70 bits per heavy atom. The summed E-state index contributed by atoms with van der Waals surface area (Å²) < 4.78 is 5.00. The summed E-state index contributed by atoms with van der Waals surface area (Å²) in [5, 5.41) is 2.76. The van der Waals surface area contributed by atoms with Crippen LogP contribution < -0.4 is 5.32 Å². The normalized spacial score (nSPS) is 10.0. The summed E-state index contributed by atoms with van der Waals surface area (Å²) in [4.78, 5) is 25.8.